The van der Waals surface area contributed by atoms with Gasteiger partial charge in [0.2, 0.25) is 0 Å². The molecule has 0 amide bonds. The van der Waals surface area contributed by atoms with E-state index in [2.05, 4.69) is 166 Å². The van der Waals surface area contributed by atoms with Crippen molar-refractivity contribution < 1.29 is 42.6 Å². The van der Waals surface area contributed by atoms with Crippen LogP contribution in [0.2, 0.25) is 0 Å². The first-order valence-corrected chi connectivity index (χ1v) is 25.2. The van der Waals surface area contributed by atoms with Crippen LogP contribution in [0.25, 0.3) is 0 Å². The van der Waals surface area contributed by atoms with Crippen LogP contribution < -0.4 is 0 Å². The molecule has 0 rings (SSSR count). The fourth-order valence-corrected chi connectivity index (χ4v) is 7.84. The maximum Gasteiger partial charge on any atom is 0.0843 e. The first-order valence-electron chi connectivity index (χ1n) is 25.2. The fourth-order valence-electron chi connectivity index (χ4n) is 7.84. The molecule has 0 radical (unpaired) electrons. The molecule has 2 unspecified atom stereocenters. The van der Waals surface area contributed by atoms with Gasteiger partial charge in [0.1, 0.15) is 0 Å². The van der Waals surface area contributed by atoms with Gasteiger partial charge in [-0.25, -0.2) is 0 Å². The zero-order valence-corrected chi connectivity index (χ0v) is 46.6. The fraction of sp³-hybridized carbons (Fsp3) is 1.00. The highest BCUT2D eigenvalue weighted by molar-refractivity contribution is 4.86. The van der Waals surface area contributed by atoms with Gasteiger partial charge in [0, 0.05) is 12.8 Å². The summed E-state index contributed by atoms with van der Waals surface area (Å²) in [6.45, 7) is 55.3. The Bertz CT molecular complexity index is 1210. The third-order valence-corrected chi connectivity index (χ3v) is 12.5. The summed E-state index contributed by atoms with van der Waals surface area (Å²) in [7, 11) is 0. The van der Waals surface area contributed by atoms with Crippen LogP contribution in [0.3, 0.4) is 0 Å². The highest BCUT2D eigenvalue weighted by Crippen LogP contribution is 2.33. The molecule has 0 N–H and O–H groups in total. The molecule has 0 fully saturated rings. The second kappa shape index (κ2) is 26.4. The van der Waals surface area contributed by atoms with Gasteiger partial charge in [-0.05, 0) is 190 Å². The Morgan fingerprint density at radius 3 is 0.921 bits per heavy atom. The predicted octanol–water partition coefficient (Wildman–Crippen LogP) is 14.4. The molecule has 0 aromatic heterocycles. The monoisotopic (exact) mass is 903 g/mol. The van der Waals surface area contributed by atoms with E-state index in [-0.39, 0.29) is 34.6 Å². The van der Waals surface area contributed by atoms with E-state index >= 15 is 0 Å². The number of hydrogen-bond acceptors (Lipinski definition) is 9. The topological polar surface area (TPSA) is 83.1 Å². The third-order valence-electron chi connectivity index (χ3n) is 12.5. The van der Waals surface area contributed by atoms with Crippen LogP contribution in [0.15, 0.2) is 0 Å². The summed E-state index contributed by atoms with van der Waals surface area (Å²) in [4.78, 5) is 0. The molecule has 0 saturated heterocycles. The van der Waals surface area contributed by atoms with Crippen molar-refractivity contribution in [1.82, 2.24) is 0 Å². The first kappa shape index (κ1) is 62.6. The van der Waals surface area contributed by atoms with Crippen LogP contribution in [0.1, 0.15) is 243 Å². The summed E-state index contributed by atoms with van der Waals surface area (Å²) in [5.74, 6) is 0. The molecule has 9 nitrogen and oxygen atoms in total. The molecule has 0 aliphatic rings. The molecule has 0 aliphatic heterocycles. The van der Waals surface area contributed by atoms with Crippen molar-refractivity contribution in [3.63, 3.8) is 0 Å². The minimum atomic E-state index is -0.561. The quantitative estimate of drug-likeness (QED) is 0.0601. The van der Waals surface area contributed by atoms with Gasteiger partial charge in [-0.3, -0.25) is 0 Å². The second-order valence-electron chi connectivity index (χ2n) is 24.8. The van der Waals surface area contributed by atoms with E-state index in [0.29, 0.717) is 52.5 Å². The Labute approximate surface area is 392 Å². The van der Waals surface area contributed by atoms with Gasteiger partial charge < -0.3 is 42.6 Å². The minimum Gasteiger partial charge on any atom is -0.375 e. The minimum absolute atomic E-state index is 0.154. The summed E-state index contributed by atoms with van der Waals surface area (Å²) in [6, 6.07) is 0. The van der Waals surface area contributed by atoms with Crippen molar-refractivity contribution in [2.75, 3.05) is 39.6 Å². The van der Waals surface area contributed by atoms with Gasteiger partial charge in [-0.15, -0.1) is 0 Å². The lowest BCUT2D eigenvalue weighted by molar-refractivity contribution is -0.195. The largest absolute Gasteiger partial charge is 0.375 e. The molecule has 0 bridgehead atoms. The zero-order valence-electron chi connectivity index (χ0n) is 46.6. The molecule has 380 valence electrons. The maximum atomic E-state index is 7.04. The molecular formula is C54H110O9. The van der Waals surface area contributed by atoms with E-state index in [9.17, 15) is 0 Å². The van der Waals surface area contributed by atoms with Crippen LogP contribution in [0.5, 0.6) is 0 Å². The highest BCUT2D eigenvalue weighted by Gasteiger charge is 2.38. The van der Waals surface area contributed by atoms with Crippen molar-refractivity contribution >= 4 is 0 Å². The maximum absolute atomic E-state index is 7.04. The summed E-state index contributed by atoms with van der Waals surface area (Å²) in [6.07, 6.45) is 10.0. The van der Waals surface area contributed by atoms with Crippen molar-refractivity contribution in [3.8, 4) is 0 Å². The summed E-state index contributed by atoms with van der Waals surface area (Å²) < 4.78 is 59.8. The van der Waals surface area contributed by atoms with Crippen LogP contribution in [0.4, 0.5) is 0 Å². The van der Waals surface area contributed by atoms with Gasteiger partial charge >= 0.3 is 0 Å². The number of ether oxygens (including phenoxy) is 9. The van der Waals surface area contributed by atoms with Gasteiger partial charge in [0.15, 0.2) is 0 Å². The van der Waals surface area contributed by atoms with Gasteiger partial charge in [-0.1, -0.05) is 40.5 Å². The Balaban J connectivity index is 6.38. The Morgan fingerprint density at radius 1 is 0.286 bits per heavy atom. The lowest BCUT2D eigenvalue weighted by Crippen LogP contribution is -2.46. The SMILES string of the molecule is CCCC(C)(C)OCCC(C)(C)OC(COC(C)(C)CCOC(C)(C)CC)CC(C)(C)OCC(CC(C)(C)OC(C)(C)CCOC(C)(C)CC)OC(C)(C)CCOC(C)(C)CCC. The van der Waals surface area contributed by atoms with E-state index < -0.39 is 33.6 Å². The molecule has 9 heteroatoms. The van der Waals surface area contributed by atoms with E-state index in [1.165, 1.54) is 0 Å². The van der Waals surface area contributed by atoms with E-state index in [0.717, 1.165) is 64.2 Å². The van der Waals surface area contributed by atoms with Gasteiger partial charge in [0.05, 0.1) is 108 Å². The van der Waals surface area contributed by atoms with E-state index in [1.54, 1.807) is 0 Å². The Morgan fingerprint density at radius 2 is 0.571 bits per heavy atom. The Kier molecular flexibility index (Phi) is 26.3. The molecule has 0 spiro atoms. The standard InChI is InChI=1S/C54H110O9/c1-25-29-47(9,10)57-36-32-50(15,16)61-43(41-59-49(13,14)31-35-55-45(5,6)27-3)39-53(21,22)60-42-44(62-51(17,18)33-37-58-48(11,12)30-26-2)40-54(23,24)63-52(19,20)34-38-56-46(7,8)28-4/h43-44H,25-42H2,1-24H3. The first-order chi connectivity index (χ1) is 28.3. The smallest absolute Gasteiger partial charge is 0.0843 e. The molecule has 0 aromatic rings. The molecule has 63 heavy (non-hydrogen) atoms. The van der Waals surface area contributed by atoms with Gasteiger partial charge in [-0.2, -0.15) is 0 Å². The van der Waals surface area contributed by atoms with E-state index in [1.807, 2.05) is 0 Å². The van der Waals surface area contributed by atoms with Crippen LogP contribution in [-0.2, 0) is 42.6 Å². The average molecular weight is 903 g/mol. The lowest BCUT2D eigenvalue weighted by Gasteiger charge is -2.41. The molecule has 0 heterocycles. The second-order valence-corrected chi connectivity index (χ2v) is 24.8. The van der Waals surface area contributed by atoms with Gasteiger partial charge in [0.25, 0.3) is 0 Å². The summed E-state index contributed by atoms with van der Waals surface area (Å²) in [5.41, 5.74) is -3.40. The summed E-state index contributed by atoms with van der Waals surface area (Å²) >= 11 is 0. The molecule has 0 aromatic carbocycles. The summed E-state index contributed by atoms with van der Waals surface area (Å²) in [5, 5.41) is 0. The highest BCUT2D eigenvalue weighted by atomic mass is 16.6. The van der Waals surface area contributed by atoms with Crippen LogP contribution in [0, 0.1) is 0 Å². The number of rotatable bonds is 38. The van der Waals surface area contributed by atoms with Crippen LogP contribution >= 0.6 is 0 Å². The molecular weight excluding hydrogens is 793 g/mol. The van der Waals surface area contributed by atoms with Crippen molar-refractivity contribution in [2.45, 2.75) is 311 Å². The molecule has 2 atom stereocenters. The van der Waals surface area contributed by atoms with Crippen molar-refractivity contribution in [2.24, 2.45) is 0 Å². The average Bonchev–Trinajstić information content (AvgIpc) is 3.07. The lowest BCUT2D eigenvalue weighted by atomic mass is 9.95. The molecule has 0 aliphatic carbocycles. The molecule has 0 saturated carbocycles. The van der Waals surface area contributed by atoms with E-state index in [4.69, 9.17) is 42.6 Å². The predicted molar refractivity (Wildman–Crippen MR) is 265 cm³/mol. The Hall–Kier alpha value is -0.360. The van der Waals surface area contributed by atoms with Crippen LogP contribution in [-0.4, -0.2) is 108 Å². The third kappa shape index (κ3) is 31.3. The van der Waals surface area contributed by atoms with Crippen molar-refractivity contribution in [1.29, 1.82) is 0 Å². The zero-order chi connectivity index (χ0) is 49.2. The normalized spacial score (nSPS) is 15.6. The van der Waals surface area contributed by atoms with Crippen molar-refractivity contribution in [3.05, 3.63) is 0 Å². The number of hydrogen-bond donors (Lipinski definition) is 0.